The van der Waals surface area contributed by atoms with Gasteiger partial charge in [-0.25, -0.2) is 9.97 Å². The summed E-state index contributed by atoms with van der Waals surface area (Å²) in [6.07, 6.45) is -1.49. The molecule has 4 heterocycles. The summed E-state index contributed by atoms with van der Waals surface area (Å²) in [6, 6.07) is 11.7. The highest BCUT2D eigenvalue weighted by molar-refractivity contribution is 7.13. The van der Waals surface area contributed by atoms with Crippen molar-refractivity contribution in [1.82, 2.24) is 41.0 Å². The van der Waals surface area contributed by atoms with Gasteiger partial charge in [0.2, 0.25) is 35.4 Å². The fourth-order valence-corrected chi connectivity index (χ4v) is 10.9. The zero-order valence-corrected chi connectivity index (χ0v) is 47.7. The van der Waals surface area contributed by atoms with Gasteiger partial charge in [-0.05, 0) is 81.0 Å². The van der Waals surface area contributed by atoms with E-state index < -0.39 is 93.9 Å². The van der Waals surface area contributed by atoms with Gasteiger partial charge in [-0.2, -0.15) is 0 Å². The first-order valence-electron chi connectivity index (χ1n) is 25.9. The first kappa shape index (κ1) is 59.6. The number of thiazole rings is 2. The quantitative estimate of drug-likeness (QED) is 0.0577. The molecule has 0 saturated carbocycles. The van der Waals surface area contributed by atoms with Gasteiger partial charge in [-0.3, -0.25) is 28.8 Å². The lowest BCUT2D eigenvalue weighted by molar-refractivity contribution is -0.146. The van der Waals surface area contributed by atoms with Gasteiger partial charge < -0.3 is 50.8 Å². The number of aromatic nitrogens is 2. The molecular formula is C56H78N8O10S2. The Kier molecular flexibility index (Phi) is 19.4. The third kappa shape index (κ3) is 16.0. The summed E-state index contributed by atoms with van der Waals surface area (Å²) in [7, 11) is 0. The van der Waals surface area contributed by atoms with E-state index in [0.29, 0.717) is 6.42 Å². The lowest BCUT2D eigenvalue weighted by atomic mass is 9.85. The molecule has 76 heavy (non-hydrogen) atoms. The van der Waals surface area contributed by atoms with Gasteiger partial charge in [-0.15, -0.1) is 22.7 Å². The molecule has 4 aromatic rings. The lowest BCUT2D eigenvalue weighted by Crippen LogP contribution is -2.58. The van der Waals surface area contributed by atoms with E-state index in [9.17, 15) is 39.0 Å². The molecule has 2 aliphatic rings. The van der Waals surface area contributed by atoms with E-state index in [-0.39, 0.29) is 58.7 Å². The molecule has 0 radical (unpaired) electrons. The van der Waals surface area contributed by atoms with Crippen LogP contribution in [0.2, 0.25) is 0 Å². The van der Waals surface area contributed by atoms with Gasteiger partial charge in [0.25, 0.3) is 0 Å². The Labute approximate surface area is 455 Å². The standard InChI is InChI=1S/C56H78N8O10S2/c1-33-45(75-31-59-33)37-17-13-35(14-18-37)26-57-49(69)41-23-39(65)28-63(41)51(71)47(53(3,4)5)61-43(67)25-56(11,12)73-22-21-55(9,10)74-30-44(68)62-48(54(6,7)8)52(72)64-29-40(66)24-42(64)50(70)58-27-36-15-19-38(20-16-36)46-34(2)60-32-76-46/h13-20,31-32,39-42,47-48,65-66H,21-30H2,1-12H3,(H,57,69)(H,58,70)(H,61,67)(H,62,68)/t39-,40-,41+,42+,47?,48-/m1/s1. The molecule has 6 rings (SSSR count). The number of hydrogen-bond acceptors (Lipinski definition) is 14. The van der Waals surface area contributed by atoms with Gasteiger partial charge >= 0.3 is 0 Å². The zero-order chi connectivity index (χ0) is 55.9. The second kappa shape index (κ2) is 24.8. The van der Waals surface area contributed by atoms with Crippen LogP contribution in [0.3, 0.4) is 0 Å². The molecule has 414 valence electrons. The number of nitrogens with one attached hydrogen (secondary N) is 4. The molecule has 2 fully saturated rings. The minimum absolute atomic E-state index is 0.0530. The number of carbonyl (C=O) groups excluding carboxylic acids is 6. The first-order valence-corrected chi connectivity index (χ1v) is 27.7. The van der Waals surface area contributed by atoms with E-state index in [4.69, 9.17) is 9.47 Å². The molecule has 2 aliphatic heterocycles. The lowest BCUT2D eigenvalue weighted by Gasteiger charge is -2.36. The van der Waals surface area contributed by atoms with E-state index >= 15 is 0 Å². The van der Waals surface area contributed by atoms with E-state index in [1.807, 2.05) is 104 Å². The van der Waals surface area contributed by atoms with Crippen molar-refractivity contribution in [2.24, 2.45) is 10.8 Å². The highest BCUT2D eigenvalue weighted by Gasteiger charge is 2.46. The number of amides is 6. The summed E-state index contributed by atoms with van der Waals surface area (Å²) < 4.78 is 12.3. The Hall–Kier alpha value is -5.64. The van der Waals surface area contributed by atoms with Crippen molar-refractivity contribution >= 4 is 58.1 Å². The van der Waals surface area contributed by atoms with Gasteiger partial charge in [0.1, 0.15) is 30.8 Å². The number of benzene rings is 2. The van der Waals surface area contributed by atoms with Crippen molar-refractivity contribution in [2.75, 3.05) is 26.3 Å². The molecule has 0 spiro atoms. The fraction of sp³-hybridized carbons (Fsp3) is 0.571. The third-order valence-corrected chi connectivity index (χ3v) is 15.8. The summed E-state index contributed by atoms with van der Waals surface area (Å²) in [6.45, 7) is 22.0. The number of carbonyl (C=O) groups is 6. The number of hydrogen-bond donors (Lipinski definition) is 6. The largest absolute Gasteiger partial charge is 0.391 e. The summed E-state index contributed by atoms with van der Waals surface area (Å²) in [4.78, 5) is 96.3. The molecule has 2 saturated heterocycles. The number of aryl methyl sites for hydroxylation is 2. The number of nitrogens with zero attached hydrogens (tertiary/aromatic N) is 4. The maximum absolute atomic E-state index is 14.2. The Bertz CT molecular complexity index is 2670. The van der Waals surface area contributed by atoms with Crippen LogP contribution < -0.4 is 21.3 Å². The Morgan fingerprint density at radius 1 is 0.618 bits per heavy atom. The first-order chi connectivity index (χ1) is 35.5. The number of β-amino-alcohol motifs (C(OH)–C–C–N with tert-alkyl or cyclic N) is 2. The van der Waals surface area contributed by atoms with Gasteiger partial charge in [0.15, 0.2) is 0 Å². The van der Waals surface area contributed by atoms with Crippen molar-refractivity contribution in [1.29, 1.82) is 0 Å². The van der Waals surface area contributed by atoms with Crippen LogP contribution in [0.5, 0.6) is 0 Å². The Morgan fingerprint density at radius 3 is 1.41 bits per heavy atom. The van der Waals surface area contributed by atoms with Gasteiger partial charge in [0, 0.05) is 39.0 Å². The highest BCUT2D eigenvalue weighted by atomic mass is 32.1. The summed E-state index contributed by atoms with van der Waals surface area (Å²) >= 11 is 3.12. The van der Waals surface area contributed by atoms with E-state index in [0.717, 1.165) is 43.4 Å². The second-order valence-corrected chi connectivity index (χ2v) is 25.2. The Balaban J connectivity index is 0.958. The van der Waals surface area contributed by atoms with Crippen molar-refractivity contribution in [2.45, 2.75) is 169 Å². The van der Waals surface area contributed by atoms with Crippen LogP contribution in [0, 0.1) is 24.7 Å². The molecule has 0 bridgehead atoms. The molecule has 6 atom stereocenters. The highest BCUT2D eigenvalue weighted by Crippen LogP contribution is 2.31. The predicted molar refractivity (Wildman–Crippen MR) is 293 cm³/mol. The van der Waals surface area contributed by atoms with Crippen LogP contribution in [0.15, 0.2) is 59.6 Å². The maximum Gasteiger partial charge on any atom is 0.246 e. The third-order valence-electron chi connectivity index (χ3n) is 13.8. The molecular weight excluding hydrogens is 1010 g/mol. The van der Waals surface area contributed by atoms with Crippen LogP contribution in [-0.2, 0) is 51.3 Å². The minimum atomic E-state index is -1.04. The summed E-state index contributed by atoms with van der Waals surface area (Å²) in [5.74, 6) is -2.74. The van der Waals surface area contributed by atoms with Crippen molar-refractivity contribution < 1.29 is 48.5 Å². The predicted octanol–water partition coefficient (Wildman–Crippen LogP) is 5.84. The fourth-order valence-electron chi connectivity index (χ4n) is 9.32. The van der Waals surface area contributed by atoms with Crippen LogP contribution in [0.25, 0.3) is 20.9 Å². The summed E-state index contributed by atoms with van der Waals surface area (Å²) in [5, 5.41) is 32.9. The molecule has 6 amide bonds. The molecule has 2 aromatic carbocycles. The molecule has 6 N–H and O–H groups in total. The smallest absolute Gasteiger partial charge is 0.246 e. The van der Waals surface area contributed by atoms with Gasteiger partial charge in [-0.1, -0.05) is 90.1 Å². The van der Waals surface area contributed by atoms with Gasteiger partial charge in [0.05, 0.1) is 68.6 Å². The number of rotatable bonds is 21. The normalized spacial score (nSPS) is 19.0. The molecule has 1 unspecified atom stereocenters. The molecule has 2 aromatic heterocycles. The Morgan fingerprint density at radius 2 is 1.03 bits per heavy atom. The zero-order valence-electron chi connectivity index (χ0n) is 46.1. The van der Waals surface area contributed by atoms with E-state index in [2.05, 4.69) is 31.2 Å². The summed E-state index contributed by atoms with van der Waals surface area (Å²) in [5.41, 5.74) is 5.91. The number of aliphatic hydroxyl groups is 2. The number of aliphatic hydroxyl groups excluding tert-OH is 2. The average molecular weight is 1090 g/mol. The number of ether oxygens (including phenoxy) is 2. The maximum atomic E-state index is 14.2. The topological polar surface area (TPSA) is 242 Å². The van der Waals surface area contributed by atoms with Crippen LogP contribution >= 0.6 is 22.7 Å². The van der Waals surface area contributed by atoms with E-state index in [1.165, 1.54) is 9.80 Å². The number of likely N-dealkylation sites (tertiary alicyclic amines) is 2. The monoisotopic (exact) mass is 1090 g/mol. The van der Waals surface area contributed by atoms with E-state index in [1.54, 1.807) is 61.4 Å². The molecule has 0 aliphatic carbocycles. The van der Waals surface area contributed by atoms with Crippen LogP contribution in [0.4, 0.5) is 0 Å². The SMILES string of the molecule is Cc1ncsc1-c1ccc(CNC(=O)[C@@H]2C[C@@H](O)CN2C(=O)C(NC(=O)CC(C)(C)OCCC(C)(C)OCC(=O)N[C@H](C(=O)N2C[C@H](O)C[C@H]2C(=O)NCc2ccc(-c3scnc3C)cc2)C(C)(C)C)C(C)(C)C)cc1. The van der Waals surface area contributed by atoms with Crippen LogP contribution in [-0.4, -0.2) is 139 Å². The van der Waals surface area contributed by atoms with Crippen LogP contribution in [0.1, 0.15) is 117 Å². The van der Waals surface area contributed by atoms with Crippen molar-refractivity contribution in [3.8, 4) is 20.9 Å². The average Bonchev–Trinajstić information content (AvgIpc) is 4.16. The van der Waals surface area contributed by atoms with Crippen molar-refractivity contribution in [3.63, 3.8) is 0 Å². The van der Waals surface area contributed by atoms with Crippen molar-refractivity contribution in [3.05, 3.63) is 82.1 Å². The minimum Gasteiger partial charge on any atom is -0.391 e. The molecule has 18 nitrogen and oxygen atoms in total. The molecule has 20 heteroatoms. The second-order valence-electron chi connectivity index (χ2n) is 23.5.